The Morgan fingerprint density at radius 2 is 1.03 bits per heavy atom. The summed E-state index contributed by atoms with van der Waals surface area (Å²) in [6.45, 7) is 13.4. The molecule has 3 aliphatic carbocycles. The van der Waals surface area contributed by atoms with E-state index >= 15 is 0 Å². The van der Waals surface area contributed by atoms with Crippen molar-refractivity contribution in [1.29, 1.82) is 0 Å². The molecule has 0 bridgehead atoms. The summed E-state index contributed by atoms with van der Waals surface area (Å²) in [5.41, 5.74) is 0. The fourth-order valence-corrected chi connectivity index (χ4v) is 6.19. The normalized spacial score (nSPS) is 38.0. The van der Waals surface area contributed by atoms with Crippen LogP contribution in [0.25, 0.3) is 0 Å². The van der Waals surface area contributed by atoms with Gasteiger partial charge in [0.1, 0.15) is 12.2 Å². The lowest BCUT2D eigenvalue weighted by atomic mass is 9.75. The number of ether oxygens (including phenoxy) is 2. The van der Waals surface area contributed by atoms with E-state index in [1.807, 2.05) is 12.2 Å². The first-order chi connectivity index (χ1) is 15.2. The van der Waals surface area contributed by atoms with Crippen LogP contribution in [-0.2, 0) is 19.1 Å². The molecule has 0 aromatic rings. The van der Waals surface area contributed by atoms with Crippen molar-refractivity contribution in [2.45, 2.75) is 105 Å². The average Bonchev–Trinajstić information content (AvgIpc) is 2.73. The van der Waals surface area contributed by atoms with Crippen LogP contribution >= 0.6 is 0 Å². The van der Waals surface area contributed by atoms with Gasteiger partial charge in [0.25, 0.3) is 0 Å². The molecule has 8 unspecified atom stereocenters. The van der Waals surface area contributed by atoms with E-state index in [1.165, 1.54) is 12.8 Å². The monoisotopic (exact) mass is 446 g/mol. The lowest BCUT2D eigenvalue weighted by Crippen LogP contribution is -2.38. The zero-order chi connectivity index (χ0) is 23.4. The predicted molar refractivity (Wildman–Crippen MR) is 128 cm³/mol. The van der Waals surface area contributed by atoms with Crippen LogP contribution in [0.15, 0.2) is 12.2 Å². The lowest BCUT2D eigenvalue weighted by Gasteiger charge is -2.38. The van der Waals surface area contributed by atoms with Crippen molar-refractivity contribution in [3.05, 3.63) is 12.2 Å². The molecule has 0 aliphatic heterocycles. The molecule has 3 rings (SSSR count). The van der Waals surface area contributed by atoms with Crippen LogP contribution in [0.2, 0.25) is 0 Å². The van der Waals surface area contributed by atoms with E-state index in [2.05, 4.69) is 41.5 Å². The summed E-state index contributed by atoms with van der Waals surface area (Å²) >= 11 is 0. The van der Waals surface area contributed by atoms with Gasteiger partial charge in [0.15, 0.2) is 0 Å². The van der Waals surface area contributed by atoms with E-state index in [0.717, 1.165) is 25.7 Å². The van der Waals surface area contributed by atoms with Gasteiger partial charge in [-0.2, -0.15) is 0 Å². The maximum absolute atomic E-state index is 12.9. The first-order valence-electron chi connectivity index (χ1n) is 13.2. The molecule has 0 N–H and O–H groups in total. The van der Waals surface area contributed by atoms with Gasteiger partial charge in [-0.1, -0.05) is 66.5 Å². The third kappa shape index (κ3) is 6.38. The minimum Gasteiger partial charge on any atom is -0.462 e. The van der Waals surface area contributed by atoms with E-state index in [0.29, 0.717) is 48.3 Å². The largest absolute Gasteiger partial charge is 0.462 e. The second-order valence-electron chi connectivity index (χ2n) is 11.8. The quantitative estimate of drug-likeness (QED) is 0.342. The van der Waals surface area contributed by atoms with Gasteiger partial charge in [0, 0.05) is 0 Å². The smallest absolute Gasteiger partial charge is 0.313 e. The summed E-state index contributed by atoms with van der Waals surface area (Å²) in [6.07, 6.45) is 11.9. The second kappa shape index (κ2) is 11.2. The Labute approximate surface area is 195 Å². The van der Waals surface area contributed by atoms with Crippen LogP contribution in [0.1, 0.15) is 92.9 Å². The van der Waals surface area contributed by atoms with Gasteiger partial charge in [-0.15, -0.1) is 0 Å². The van der Waals surface area contributed by atoms with E-state index in [4.69, 9.17) is 9.47 Å². The minimum atomic E-state index is -0.234. The highest BCUT2D eigenvalue weighted by Crippen LogP contribution is 2.38. The van der Waals surface area contributed by atoms with Crippen LogP contribution in [0.5, 0.6) is 0 Å². The number of carbonyl (C=O) groups is 2. The van der Waals surface area contributed by atoms with Gasteiger partial charge >= 0.3 is 11.9 Å². The van der Waals surface area contributed by atoms with Crippen LogP contribution in [0, 0.1) is 47.3 Å². The Balaban J connectivity index is 1.54. The highest BCUT2D eigenvalue weighted by Gasteiger charge is 2.37. The molecule has 3 aliphatic rings. The highest BCUT2D eigenvalue weighted by atomic mass is 16.5. The Kier molecular flexibility index (Phi) is 8.86. The predicted octanol–water partition coefficient (Wildman–Crippen LogP) is 6.58. The third-order valence-electron chi connectivity index (χ3n) is 8.43. The SMILES string of the molecule is CC1CCC(C(C)C)C(OC(=O)C2C=CC(C(=O)OC3CC(C)CCC3C(C)C)CC2)C1. The van der Waals surface area contributed by atoms with Gasteiger partial charge in [-0.05, 0) is 74.0 Å². The van der Waals surface area contributed by atoms with E-state index in [9.17, 15) is 9.59 Å². The Morgan fingerprint density at radius 3 is 1.34 bits per heavy atom. The van der Waals surface area contributed by atoms with Crippen molar-refractivity contribution in [3.8, 4) is 0 Å². The van der Waals surface area contributed by atoms with Gasteiger partial charge < -0.3 is 9.47 Å². The molecule has 0 saturated heterocycles. The summed E-state index contributed by atoms with van der Waals surface area (Å²) in [6, 6.07) is 0. The standard InChI is InChI=1S/C28H46O4/c1-17(2)23-13-7-19(5)15-25(23)31-27(29)21-9-11-22(12-10-21)28(30)32-26-16-20(6)8-14-24(26)18(3)4/h9,11,17-26H,7-8,10,12-16H2,1-6H3. The molecule has 182 valence electrons. The number of rotatable bonds is 6. The van der Waals surface area contributed by atoms with Crippen LogP contribution in [0.3, 0.4) is 0 Å². The van der Waals surface area contributed by atoms with Crippen LogP contribution in [-0.4, -0.2) is 24.1 Å². The third-order valence-corrected chi connectivity index (χ3v) is 8.43. The summed E-state index contributed by atoms with van der Waals surface area (Å²) in [5.74, 6) is 2.50. The molecule has 2 fully saturated rings. The number of hydrogen-bond acceptors (Lipinski definition) is 4. The van der Waals surface area contributed by atoms with Gasteiger partial charge in [0.05, 0.1) is 11.8 Å². The molecule has 4 heteroatoms. The van der Waals surface area contributed by atoms with Crippen LogP contribution < -0.4 is 0 Å². The maximum atomic E-state index is 12.9. The maximum Gasteiger partial charge on any atom is 0.313 e. The Morgan fingerprint density at radius 1 is 0.656 bits per heavy atom. The Bertz CT molecular complexity index is 610. The number of esters is 2. The molecule has 0 radical (unpaired) electrons. The number of carbonyl (C=O) groups excluding carboxylic acids is 2. The molecule has 0 heterocycles. The van der Waals surface area contributed by atoms with Crippen molar-refractivity contribution in [3.63, 3.8) is 0 Å². The molecule has 2 saturated carbocycles. The van der Waals surface area contributed by atoms with Crippen molar-refractivity contribution < 1.29 is 19.1 Å². The second-order valence-corrected chi connectivity index (χ2v) is 11.8. The zero-order valence-electron chi connectivity index (χ0n) is 21.2. The van der Waals surface area contributed by atoms with Crippen molar-refractivity contribution in [2.75, 3.05) is 0 Å². The fraction of sp³-hybridized carbons (Fsp3) is 0.857. The Hall–Kier alpha value is -1.32. The highest BCUT2D eigenvalue weighted by molar-refractivity contribution is 5.78. The van der Waals surface area contributed by atoms with Crippen molar-refractivity contribution in [2.24, 2.45) is 47.3 Å². The molecular weight excluding hydrogens is 400 g/mol. The van der Waals surface area contributed by atoms with Crippen LogP contribution in [0.4, 0.5) is 0 Å². The van der Waals surface area contributed by atoms with Gasteiger partial charge in [0.2, 0.25) is 0 Å². The topological polar surface area (TPSA) is 52.6 Å². The summed E-state index contributed by atoms with van der Waals surface area (Å²) < 4.78 is 12.1. The molecule has 8 atom stereocenters. The molecule has 0 aromatic heterocycles. The van der Waals surface area contributed by atoms with Gasteiger partial charge in [-0.25, -0.2) is 0 Å². The molecule has 0 amide bonds. The van der Waals surface area contributed by atoms with E-state index in [-0.39, 0.29) is 36.0 Å². The average molecular weight is 447 g/mol. The molecule has 0 spiro atoms. The molecular formula is C28H46O4. The fourth-order valence-electron chi connectivity index (χ4n) is 6.19. The summed E-state index contributed by atoms with van der Waals surface area (Å²) in [4.78, 5) is 25.8. The first-order valence-corrected chi connectivity index (χ1v) is 13.2. The van der Waals surface area contributed by atoms with E-state index in [1.54, 1.807) is 0 Å². The number of hydrogen-bond donors (Lipinski definition) is 0. The summed E-state index contributed by atoms with van der Waals surface area (Å²) in [7, 11) is 0. The first kappa shape index (κ1) is 25.3. The minimum absolute atomic E-state index is 0.0311. The van der Waals surface area contributed by atoms with E-state index < -0.39 is 0 Å². The van der Waals surface area contributed by atoms with Gasteiger partial charge in [-0.3, -0.25) is 9.59 Å². The molecule has 4 nitrogen and oxygen atoms in total. The molecule has 32 heavy (non-hydrogen) atoms. The summed E-state index contributed by atoms with van der Waals surface area (Å²) in [5, 5.41) is 0. The lowest BCUT2D eigenvalue weighted by molar-refractivity contribution is -0.163. The zero-order valence-corrected chi connectivity index (χ0v) is 21.2. The molecule has 0 aromatic carbocycles. The van der Waals surface area contributed by atoms with Crippen molar-refractivity contribution in [1.82, 2.24) is 0 Å². The van der Waals surface area contributed by atoms with Crippen molar-refractivity contribution >= 4 is 11.9 Å².